The van der Waals surface area contributed by atoms with Gasteiger partial charge in [-0.2, -0.15) is 4.68 Å². The normalized spacial score (nSPS) is 17.0. The van der Waals surface area contributed by atoms with Gasteiger partial charge in [0.05, 0.1) is 11.4 Å². The highest BCUT2D eigenvalue weighted by Gasteiger charge is 2.25. The molecular weight excluding hydrogens is 400 g/mol. The second kappa shape index (κ2) is 8.51. The van der Waals surface area contributed by atoms with Crippen LogP contribution in [0.15, 0.2) is 60.2 Å². The predicted octanol–water partition coefficient (Wildman–Crippen LogP) is 3.83. The Labute approximate surface area is 186 Å². The molecule has 7 nitrogen and oxygen atoms in total. The molecule has 1 fully saturated rings. The van der Waals surface area contributed by atoms with Crippen molar-refractivity contribution in [2.45, 2.75) is 32.2 Å². The Kier molecular flexibility index (Phi) is 5.41. The summed E-state index contributed by atoms with van der Waals surface area (Å²) in [6.45, 7) is 8.50. The Balaban J connectivity index is 1.38. The molecular formula is C25H26N6O. The molecule has 0 bridgehead atoms. The smallest absolute Gasteiger partial charge is 0.297 e. The average molecular weight is 427 g/mol. The Hall–Kier alpha value is -3.58. The van der Waals surface area contributed by atoms with Gasteiger partial charge in [-0.25, -0.2) is 4.79 Å². The number of piperidine rings is 1. The predicted molar refractivity (Wildman–Crippen MR) is 126 cm³/mol. The second-order valence-electron chi connectivity index (χ2n) is 8.36. The fraction of sp³-hybridized carbons (Fsp3) is 0.280. The van der Waals surface area contributed by atoms with Gasteiger partial charge < -0.3 is 0 Å². The maximum atomic E-state index is 12.8. The molecule has 1 N–H and O–H groups in total. The van der Waals surface area contributed by atoms with Crippen molar-refractivity contribution in [3.63, 3.8) is 0 Å². The zero-order valence-corrected chi connectivity index (χ0v) is 18.2. The number of pyridine rings is 2. The lowest BCUT2D eigenvalue weighted by atomic mass is 9.97. The van der Waals surface area contributed by atoms with Gasteiger partial charge in [-0.15, -0.1) is 5.10 Å². The molecule has 1 atom stereocenters. The number of nitrogens with one attached hydrogen (secondary N) is 1. The SMILES string of the molecule is C=Cc1ccc(CN2CCCC(c3nn(-c4cccc5cnccc45)c(=O)[nH]3)C2)nc1C. The maximum Gasteiger partial charge on any atom is 0.348 e. The lowest BCUT2D eigenvalue weighted by Crippen LogP contribution is -2.34. The molecule has 1 aliphatic rings. The average Bonchev–Trinajstić information content (AvgIpc) is 3.20. The van der Waals surface area contributed by atoms with Crippen molar-refractivity contribution in [3.8, 4) is 5.69 Å². The van der Waals surface area contributed by atoms with Crippen LogP contribution in [0.3, 0.4) is 0 Å². The van der Waals surface area contributed by atoms with Gasteiger partial charge in [0.25, 0.3) is 0 Å². The van der Waals surface area contributed by atoms with E-state index in [0.29, 0.717) is 0 Å². The molecule has 3 aromatic heterocycles. The van der Waals surface area contributed by atoms with Crippen molar-refractivity contribution in [1.29, 1.82) is 0 Å². The molecule has 0 amide bonds. The molecule has 1 aliphatic heterocycles. The van der Waals surface area contributed by atoms with Crippen LogP contribution in [0.25, 0.3) is 22.5 Å². The highest BCUT2D eigenvalue weighted by molar-refractivity contribution is 5.89. The van der Waals surface area contributed by atoms with Gasteiger partial charge >= 0.3 is 5.69 Å². The number of aromatic nitrogens is 5. The first-order valence-electron chi connectivity index (χ1n) is 11.0. The minimum atomic E-state index is -0.209. The van der Waals surface area contributed by atoms with Gasteiger partial charge in [0.2, 0.25) is 0 Å². The first kappa shape index (κ1) is 20.3. The van der Waals surface area contributed by atoms with Crippen LogP contribution in [0.2, 0.25) is 0 Å². The number of aryl methyl sites for hydroxylation is 1. The van der Waals surface area contributed by atoms with E-state index in [1.165, 1.54) is 4.68 Å². The van der Waals surface area contributed by atoms with E-state index in [0.717, 1.165) is 71.7 Å². The number of fused-ring (bicyclic) bond motifs is 1. The summed E-state index contributed by atoms with van der Waals surface area (Å²) >= 11 is 0. The summed E-state index contributed by atoms with van der Waals surface area (Å²) < 4.78 is 1.48. The van der Waals surface area contributed by atoms with Crippen LogP contribution >= 0.6 is 0 Å². The van der Waals surface area contributed by atoms with Crippen LogP contribution in [-0.4, -0.2) is 42.7 Å². The molecule has 0 spiro atoms. The number of hydrogen-bond acceptors (Lipinski definition) is 5. The Morgan fingerprint density at radius 2 is 2.16 bits per heavy atom. The molecule has 4 heterocycles. The third kappa shape index (κ3) is 3.87. The molecule has 0 radical (unpaired) electrons. The van der Waals surface area contributed by atoms with Crippen LogP contribution in [0.4, 0.5) is 0 Å². The fourth-order valence-corrected chi connectivity index (χ4v) is 4.56. The lowest BCUT2D eigenvalue weighted by molar-refractivity contribution is 0.194. The Morgan fingerprint density at radius 1 is 1.25 bits per heavy atom. The topological polar surface area (TPSA) is 79.7 Å². The standard InChI is InChI=1S/C25H26N6O/c1-3-18-9-10-21(27-17(18)2)16-30-13-5-7-20(15-30)24-28-25(32)31(29-24)23-8-4-6-19-14-26-12-11-22(19)23/h3-4,6,8-12,14,20H,1,5,7,13,15-16H2,2H3,(H,28,29,32). The molecule has 32 heavy (non-hydrogen) atoms. The first-order valence-corrected chi connectivity index (χ1v) is 11.0. The summed E-state index contributed by atoms with van der Waals surface area (Å²) in [5.74, 6) is 0.930. The minimum absolute atomic E-state index is 0.183. The van der Waals surface area contributed by atoms with E-state index in [2.05, 4.69) is 33.6 Å². The van der Waals surface area contributed by atoms with E-state index < -0.39 is 0 Å². The number of aromatic amines is 1. The van der Waals surface area contributed by atoms with Crippen LogP contribution in [0.1, 0.15) is 41.5 Å². The van der Waals surface area contributed by atoms with Crippen LogP contribution in [-0.2, 0) is 6.54 Å². The van der Waals surface area contributed by atoms with Crippen molar-refractivity contribution in [2.24, 2.45) is 0 Å². The van der Waals surface area contributed by atoms with E-state index in [4.69, 9.17) is 10.1 Å². The van der Waals surface area contributed by atoms with Crippen LogP contribution in [0.5, 0.6) is 0 Å². The van der Waals surface area contributed by atoms with E-state index in [1.54, 1.807) is 12.4 Å². The summed E-state index contributed by atoms with van der Waals surface area (Å²) in [6.07, 6.45) is 7.44. The summed E-state index contributed by atoms with van der Waals surface area (Å²) in [6, 6.07) is 11.9. The van der Waals surface area contributed by atoms with Gasteiger partial charge in [-0.05, 0) is 50.1 Å². The van der Waals surface area contributed by atoms with E-state index in [1.807, 2.05) is 37.3 Å². The molecule has 162 valence electrons. The number of H-pyrrole nitrogens is 1. The minimum Gasteiger partial charge on any atom is -0.297 e. The Bertz CT molecular complexity index is 1330. The zero-order valence-electron chi connectivity index (χ0n) is 18.2. The summed E-state index contributed by atoms with van der Waals surface area (Å²) in [4.78, 5) is 27.1. The van der Waals surface area contributed by atoms with Gasteiger partial charge in [0, 0.05) is 47.9 Å². The van der Waals surface area contributed by atoms with Gasteiger partial charge in [0.15, 0.2) is 0 Å². The van der Waals surface area contributed by atoms with E-state index in [9.17, 15) is 4.79 Å². The molecule has 0 aliphatic carbocycles. The van der Waals surface area contributed by atoms with Crippen molar-refractivity contribution in [3.05, 3.63) is 88.6 Å². The van der Waals surface area contributed by atoms with Crippen LogP contribution in [0, 0.1) is 6.92 Å². The number of hydrogen-bond donors (Lipinski definition) is 1. The zero-order chi connectivity index (χ0) is 22.1. The fourth-order valence-electron chi connectivity index (χ4n) is 4.56. The lowest BCUT2D eigenvalue weighted by Gasteiger charge is -2.31. The first-order chi connectivity index (χ1) is 15.6. The third-order valence-electron chi connectivity index (χ3n) is 6.20. The quantitative estimate of drug-likeness (QED) is 0.525. The van der Waals surface area contributed by atoms with Crippen molar-refractivity contribution >= 4 is 16.8 Å². The van der Waals surface area contributed by atoms with Gasteiger partial charge in [-0.1, -0.05) is 30.9 Å². The maximum absolute atomic E-state index is 12.8. The van der Waals surface area contributed by atoms with Crippen molar-refractivity contribution in [1.82, 2.24) is 29.6 Å². The third-order valence-corrected chi connectivity index (χ3v) is 6.20. The summed E-state index contributed by atoms with van der Waals surface area (Å²) in [5.41, 5.74) is 3.68. The highest BCUT2D eigenvalue weighted by atomic mass is 16.1. The van der Waals surface area contributed by atoms with Crippen molar-refractivity contribution < 1.29 is 0 Å². The molecule has 1 aromatic carbocycles. The molecule has 1 saturated heterocycles. The second-order valence-corrected chi connectivity index (χ2v) is 8.36. The van der Waals surface area contributed by atoms with E-state index in [-0.39, 0.29) is 11.6 Å². The van der Waals surface area contributed by atoms with Gasteiger partial charge in [0.1, 0.15) is 5.82 Å². The molecule has 5 rings (SSSR count). The summed E-state index contributed by atoms with van der Waals surface area (Å²) in [5, 5.41) is 6.64. The van der Waals surface area contributed by atoms with E-state index >= 15 is 0 Å². The number of benzene rings is 1. The largest absolute Gasteiger partial charge is 0.348 e. The van der Waals surface area contributed by atoms with Crippen LogP contribution < -0.4 is 5.69 Å². The molecule has 0 saturated carbocycles. The number of likely N-dealkylation sites (tertiary alicyclic amines) is 1. The number of nitrogens with zero attached hydrogens (tertiary/aromatic N) is 5. The monoisotopic (exact) mass is 426 g/mol. The van der Waals surface area contributed by atoms with Crippen molar-refractivity contribution in [2.75, 3.05) is 13.1 Å². The number of rotatable bonds is 5. The van der Waals surface area contributed by atoms with Gasteiger partial charge in [-0.3, -0.25) is 19.9 Å². The highest BCUT2D eigenvalue weighted by Crippen LogP contribution is 2.26. The summed E-state index contributed by atoms with van der Waals surface area (Å²) in [7, 11) is 0. The Morgan fingerprint density at radius 3 is 3.00 bits per heavy atom. The molecule has 4 aromatic rings. The molecule has 7 heteroatoms. The molecule has 1 unspecified atom stereocenters.